The highest BCUT2D eigenvalue weighted by Crippen LogP contribution is 2.30. The van der Waals surface area contributed by atoms with Crippen LogP contribution in [-0.4, -0.2) is 33.0 Å². The van der Waals surface area contributed by atoms with E-state index in [2.05, 4.69) is 20.9 Å². The van der Waals surface area contributed by atoms with Crippen LogP contribution in [0.5, 0.6) is 0 Å². The Kier molecular flexibility index (Phi) is 3.49. The summed E-state index contributed by atoms with van der Waals surface area (Å²) < 4.78 is 0.934. The van der Waals surface area contributed by atoms with Gasteiger partial charge in [0.05, 0.1) is 5.69 Å². The molecule has 1 atom stereocenters. The fourth-order valence-electron chi connectivity index (χ4n) is 2.21. The first-order chi connectivity index (χ1) is 8.02. The summed E-state index contributed by atoms with van der Waals surface area (Å²) in [6, 6.07) is 3.85. The second kappa shape index (κ2) is 4.74. The first-order valence-corrected chi connectivity index (χ1v) is 6.40. The number of carboxylic acids is 1. The predicted octanol–water partition coefficient (Wildman–Crippen LogP) is 2.28. The number of hydrogen-bond acceptors (Lipinski definition) is 3. The van der Waals surface area contributed by atoms with Crippen LogP contribution >= 0.6 is 15.9 Å². The van der Waals surface area contributed by atoms with Crippen molar-refractivity contribution in [1.29, 1.82) is 0 Å². The van der Waals surface area contributed by atoms with E-state index in [1.165, 1.54) is 0 Å². The van der Waals surface area contributed by atoms with Crippen LogP contribution in [0.3, 0.4) is 0 Å². The van der Waals surface area contributed by atoms with E-state index < -0.39 is 11.5 Å². The van der Waals surface area contributed by atoms with Gasteiger partial charge in [-0.05, 0) is 54.4 Å². The molecule has 1 aliphatic heterocycles. The molecule has 1 N–H and O–H groups in total. The van der Waals surface area contributed by atoms with Gasteiger partial charge in [-0.3, -0.25) is 14.7 Å². The van der Waals surface area contributed by atoms with E-state index in [4.69, 9.17) is 0 Å². The molecule has 0 radical (unpaired) electrons. The highest BCUT2D eigenvalue weighted by molar-refractivity contribution is 9.10. The van der Waals surface area contributed by atoms with Crippen LogP contribution in [0.15, 0.2) is 22.8 Å². The van der Waals surface area contributed by atoms with Crippen LogP contribution < -0.4 is 0 Å². The summed E-state index contributed by atoms with van der Waals surface area (Å²) in [7, 11) is 0. The van der Waals surface area contributed by atoms with Crippen molar-refractivity contribution in [2.75, 3.05) is 6.54 Å². The monoisotopic (exact) mass is 298 g/mol. The molecule has 4 nitrogen and oxygen atoms in total. The van der Waals surface area contributed by atoms with Crippen molar-refractivity contribution in [2.45, 2.75) is 31.8 Å². The summed E-state index contributed by atoms with van der Waals surface area (Å²) in [6.45, 7) is 3.21. The molecule has 1 unspecified atom stereocenters. The molecule has 0 spiro atoms. The van der Waals surface area contributed by atoms with Crippen LogP contribution in [0.4, 0.5) is 0 Å². The molecule has 0 bridgehead atoms. The molecule has 5 heteroatoms. The maximum absolute atomic E-state index is 11.3. The number of carboxylic acid groups (broad SMARTS) is 1. The van der Waals surface area contributed by atoms with Crippen LogP contribution in [0.1, 0.15) is 25.5 Å². The molecule has 2 rings (SSSR count). The Balaban J connectivity index is 2.13. The van der Waals surface area contributed by atoms with Gasteiger partial charge >= 0.3 is 5.97 Å². The number of likely N-dealkylation sites (tertiary alicyclic amines) is 1. The minimum Gasteiger partial charge on any atom is -0.480 e. The minimum atomic E-state index is -0.743. The molecule has 0 aliphatic carbocycles. The van der Waals surface area contributed by atoms with Crippen molar-refractivity contribution in [3.8, 4) is 0 Å². The Morgan fingerprint density at radius 1 is 1.65 bits per heavy atom. The lowest BCUT2D eigenvalue weighted by molar-refractivity contribution is -0.148. The van der Waals surface area contributed by atoms with Gasteiger partial charge in [0, 0.05) is 17.2 Å². The summed E-state index contributed by atoms with van der Waals surface area (Å²) >= 11 is 3.33. The standard InChI is InChI=1S/C12H15BrN2O2/c1-12(11(16)17)5-2-6-15(12)8-10-4-3-9(13)7-14-10/h3-4,7H,2,5-6,8H2,1H3,(H,16,17). The Morgan fingerprint density at radius 2 is 2.41 bits per heavy atom. The van der Waals surface area contributed by atoms with Gasteiger partial charge in [-0.15, -0.1) is 0 Å². The van der Waals surface area contributed by atoms with Crippen molar-refractivity contribution in [3.05, 3.63) is 28.5 Å². The molecule has 92 valence electrons. The van der Waals surface area contributed by atoms with E-state index in [0.717, 1.165) is 23.1 Å². The summed E-state index contributed by atoms with van der Waals surface area (Å²) in [5.41, 5.74) is 0.164. The summed E-state index contributed by atoms with van der Waals surface area (Å²) in [5.74, 6) is -0.743. The highest BCUT2D eigenvalue weighted by Gasteiger charge is 2.43. The lowest BCUT2D eigenvalue weighted by atomic mass is 9.99. The Morgan fingerprint density at radius 3 is 3.00 bits per heavy atom. The molecule has 0 saturated carbocycles. The predicted molar refractivity (Wildman–Crippen MR) is 67.6 cm³/mol. The second-order valence-corrected chi connectivity index (χ2v) is 5.49. The summed E-state index contributed by atoms with van der Waals surface area (Å²) in [4.78, 5) is 17.6. The maximum Gasteiger partial charge on any atom is 0.323 e. The number of nitrogens with zero attached hydrogens (tertiary/aromatic N) is 2. The molecule has 1 aliphatic rings. The Bertz CT molecular complexity index is 421. The van der Waals surface area contributed by atoms with Crippen LogP contribution in [0, 0.1) is 0 Å². The number of carbonyl (C=O) groups is 1. The first-order valence-electron chi connectivity index (χ1n) is 5.61. The van der Waals surface area contributed by atoms with Gasteiger partial charge in [-0.25, -0.2) is 0 Å². The van der Waals surface area contributed by atoms with Crippen molar-refractivity contribution < 1.29 is 9.90 Å². The molecule has 0 amide bonds. The van der Waals surface area contributed by atoms with Gasteiger partial charge in [0.1, 0.15) is 5.54 Å². The van der Waals surface area contributed by atoms with E-state index in [1.807, 2.05) is 17.0 Å². The summed E-state index contributed by atoms with van der Waals surface area (Å²) in [5, 5.41) is 9.30. The van der Waals surface area contributed by atoms with Crippen LogP contribution in [0.2, 0.25) is 0 Å². The zero-order valence-corrected chi connectivity index (χ0v) is 11.3. The zero-order valence-electron chi connectivity index (χ0n) is 9.69. The molecule has 2 heterocycles. The molecule has 1 aromatic rings. The number of aromatic nitrogens is 1. The van der Waals surface area contributed by atoms with Crippen molar-refractivity contribution in [1.82, 2.24) is 9.88 Å². The molecule has 17 heavy (non-hydrogen) atoms. The van der Waals surface area contributed by atoms with Gasteiger partial charge in [0.2, 0.25) is 0 Å². The van der Waals surface area contributed by atoms with Gasteiger partial charge in [-0.1, -0.05) is 0 Å². The third kappa shape index (κ3) is 2.50. The van der Waals surface area contributed by atoms with E-state index in [-0.39, 0.29) is 0 Å². The van der Waals surface area contributed by atoms with E-state index in [9.17, 15) is 9.90 Å². The third-order valence-electron chi connectivity index (χ3n) is 3.39. The molecular formula is C12H15BrN2O2. The molecule has 1 saturated heterocycles. The molecular weight excluding hydrogens is 284 g/mol. The largest absolute Gasteiger partial charge is 0.480 e. The fourth-order valence-corrected chi connectivity index (χ4v) is 2.44. The topological polar surface area (TPSA) is 53.4 Å². The van der Waals surface area contributed by atoms with Crippen molar-refractivity contribution >= 4 is 21.9 Å². The third-order valence-corrected chi connectivity index (χ3v) is 3.86. The van der Waals surface area contributed by atoms with E-state index in [1.54, 1.807) is 13.1 Å². The van der Waals surface area contributed by atoms with Gasteiger partial charge < -0.3 is 5.11 Å². The molecule has 0 aromatic carbocycles. The average Bonchev–Trinajstić information content (AvgIpc) is 2.65. The highest BCUT2D eigenvalue weighted by atomic mass is 79.9. The van der Waals surface area contributed by atoms with Crippen LogP contribution in [0.25, 0.3) is 0 Å². The molecule has 1 fully saturated rings. The van der Waals surface area contributed by atoms with Crippen LogP contribution in [-0.2, 0) is 11.3 Å². The Hall–Kier alpha value is -0.940. The van der Waals surface area contributed by atoms with E-state index >= 15 is 0 Å². The number of pyridine rings is 1. The number of halogens is 1. The fraction of sp³-hybridized carbons (Fsp3) is 0.500. The van der Waals surface area contributed by atoms with Crippen molar-refractivity contribution in [3.63, 3.8) is 0 Å². The number of aliphatic carboxylic acids is 1. The van der Waals surface area contributed by atoms with Crippen molar-refractivity contribution in [2.24, 2.45) is 0 Å². The molecule has 1 aromatic heterocycles. The number of hydrogen-bond donors (Lipinski definition) is 1. The minimum absolute atomic E-state index is 0.593. The quantitative estimate of drug-likeness (QED) is 0.930. The second-order valence-electron chi connectivity index (χ2n) is 4.57. The van der Waals surface area contributed by atoms with Gasteiger partial charge in [0.25, 0.3) is 0 Å². The number of rotatable bonds is 3. The Labute approximate surface area is 109 Å². The average molecular weight is 299 g/mol. The SMILES string of the molecule is CC1(C(=O)O)CCCN1Cc1ccc(Br)cn1. The van der Waals surface area contributed by atoms with Gasteiger partial charge in [-0.2, -0.15) is 0 Å². The smallest absolute Gasteiger partial charge is 0.323 e. The lowest BCUT2D eigenvalue weighted by Gasteiger charge is -2.30. The normalized spacial score (nSPS) is 25.1. The maximum atomic E-state index is 11.3. The first kappa shape index (κ1) is 12.5. The zero-order chi connectivity index (χ0) is 12.5. The van der Waals surface area contributed by atoms with Gasteiger partial charge in [0.15, 0.2) is 0 Å². The summed E-state index contributed by atoms with van der Waals surface area (Å²) in [6.07, 6.45) is 3.38. The van der Waals surface area contributed by atoms with E-state index in [0.29, 0.717) is 13.0 Å². The lowest BCUT2D eigenvalue weighted by Crippen LogP contribution is -2.47.